The monoisotopic (exact) mass is 417 g/mol. The molecule has 1 aromatic heterocycles. The van der Waals surface area contributed by atoms with Gasteiger partial charge in [0.2, 0.25) is 0 Å². The lowest BCUT2D eigenvalue weighted by Gasteiger charge is -2.26. The summed E-state index contributed by atoms with van der Waals surface area (Å²) in [5.74, 6) is -1.40. The number of Topliss-reactive ketones (excluding diaryl/α,β-unsaturated/α-hetero) is 1. The van der Waals surface area contributed by atoms with Gasteiger partial charge in [0.15, 0.2) is 0 Å². The van der Waals surface area contributed by atoms with Crippen molar-refractivity contribution < 1.29 is 14.7 Å². The second-order valence-electron chi connectivity index (χ2n) is 7.79. The Balaban J connectivity index is 1.99. The maximum absolute atomic E-state index is 13.2. The molecule has 0 radical (unpaired) electrons. The molecule has 2 heterocycles. The second kappa shape index (κ2) is 7.58. The van der Waals surface area contributed by atoms with Crippen LogP contribution in [0.3, 0.4) is 0 Å². The van der Waals surface area contributed by atoms with Crippen molar-refractivity contribution in [2.75, 3.05) is 4.90 Å². The minimum Gasteiger partial charge on any atom is -0.507 e. The summed E-state index contributed by atoms with van der Waals surface area (Å²) in [5, 5.41) is 13.2. The van der Waals surface area contributed by atoms with E-state index in [2.05, 4.69) is 0 Å². The molecule has 5 heteroatoms. The van der Waals surface area contributed by atoms with Crippen LogP contribution in [-0.4, -0.2) is 16.8 Å². The summed E-state index contributed by atoms with van der Waals surface area (Å²) >= 11 is 1.47. The van der Waals surface area contributed by atoms with E-state index in [9.17, 15) is 14.7 Å². The Labute approximate surface area is 180 Å². The predicted molar refractivity (Wildman–Crippen MR) is 121 cm³/mol. The number of carbonyl (C=O) groups is 2. The van der Waals surface area contributed by atoms with Gasteiger partial charge in [-0.25, -0.2) is 0 Å². The summed E-state index contributed by atoms with van der Waals surface area (Å²) in [6.07, 6.45) is 0. The Kier molecular flexibility index (Phi) is 5.08. The summed E-state index contributed by atoms with van der Waals surface area (Å²) in [7, 11) is 0. The van der Waals surface area contributed by atoms with E-state index >= 15 is 0 Å². The molecular weight excluding hydrogens is 394 g/mol. The van der Waals surface area contributed by atoms with Gasteiger partial charge in [-0.3, -0.25) is 14.5 Å². The zero-order valence-corrected chi connectivity index (χ0v) is 18.2. The highest BCUT2D eigenvalue weighted by Crippen LogP contribution is 2.44. The summed E-state index contributed by atoms with van der Waals surface area (Å²) in [6, 6.07) is 14.7. The molecule has 3 aromatic rings. The van der Waals surface area contributed by atoms with E-state index in [1.165, 1.54) is 16.2 Å². The Morgan fingerprint density at radius 3 is 2.27 bits per heavy atom. The maximum atomic E-state index is 13.2. The average molecular weight is 418 g/mol. The number of benzene rings is 2. The molecule has 1 atom stereocenters. The minimum atomic E-state index is -0.662. The Hall–Kier alpha value is -3.18. The lowest BCUT2D eigenvalue weighted by Crippen LogP contribution is -2.29. The first-order chi connectivity index (χ1) is 14.3. The molecular formula is C25H23NO3S. The van der Waals surface area contributed by atoms with Gasteiger partial charge in [-0.05, 0) is 68.0 Å². The molecule has 0 spiro atoms. The normalized spacial score (nSPS) is 18.3. The van der Waals surface area contributed by atoms with E-state index in [-0.39, 0.29) is 11.3 Å². The van der Waals surface area contributed by atoms with Crippen LogP contribution in [0.4, 0.5) is 5.69 Å². The van der Waals surface area contributed by atoms with Crippen LogP contribution in [0.15, 0.2) is 59.5 Å². The topological polar surface area (TPSA) is 57.6 Å². The molecule has 1 amide bonds. The van der Waals surface area contributed by atoms with Gasteiger partial charge in [-0.15, -0.1) is 11.3 Å². The SMILES string of the molecule is Cc1ccc(C)c(/C(O)=C2/C(=O)C(=O)N(c3cc(C)ccc3C)C2c2cccs2)c1. The summed E-state index contributed by atoms with van der Waals surface area (Å²) < 4.78 is 0. The molecule has 1 fully saturated rings. The van der Waals surface area contributed by atoms with E-state index in [1.54, 1.807) is 0 Å². The highest BCUT2D eigenvalue weighted by molar-refractivity contribution is 7.10. The first-order valence-electron chi connectivity index (χ1n) is 9.79. The molecule has 1 aliphatic rings. The third-order valence-corrected chi connectivity index (χ3v) is 6.45. The molecule has 2 aromatic carbocycles. The van der Waals surface area contributed by atoms with Crippen LogP contribution in [0.5, 0.6) is 0 Å². The number of nitrogens with zero attached hydrogens (tertiary/aromatic N) is 1. The predicted octanol–water partition coefficient (Wildman–Crippen LogP) is 5.61. The molecule has 152 valence electrons. The largest absolute Gasteiger partial charge is 0.507 e. The number of aliphatic hydroxyl groups excluding tert-OH is 1. The van der Waals surface area contributed by atoms with Crippen LogP contribution in [0.25, 0.3) is 5.76 Å². The average Bonchev–Trinajstić information content (AvgIpc) is 3.33. The van der Waals surface area contributed by atoms with Gasteiger partial charge in [0.1, 0.15) is 11.8 Å². The quantitative estimate of drug-likeness (QED) is 0.342. The van der Waals surface area contributed by atoms with Crippen LogP contribution < -0.4 is 4.90 Å². The van der Waals surface area contributed by atoms with Crippen molar-refractivity contribution in [3.8, 4) is 0 Å². The van der Waals surface area contributed by atoms with Gasteiger partial charge in [-0.1, -0.05) is 35.9 Å². The highest BCUT2D eigenvalue weighted by Gasteiger charge is 2.47. The molecule has 1 aliphatic heterocycles. The number of hydrogen-bond donors (Lipinski definition) is 1. The Morgan fingerprint density at radius 2 is 1.60 bits per heavy atom. The van der Waals surface area contributed by atoms with Crippen LogP contribution in [0, 0.1) is 27.7 Å². The number of aryl methyl sites for hydroxylation is 4. The molecule has 4 nitrogen and oxygen atoms in total. The lowest BCUT2D eigenvalue weighted by atomic mass is 9.96. The Bertz CT molecular complexity index is 1190. The van der Waals surface area contributed by atoms with Gasteiger partial charge in [0.05, 0.1) is 5.57 Å². The number of rotatable bonds is 3. The van der Waals surface area contributed by atoms with Crippen molar-refractivity contribution in [1.29, 1.82) is 0 Å². The highest BCUT2D eigenvalue weighted by atomic mass is 32.1. The number of carbonyl (C=O) groups excluding carboxylic acids is 2. The molecule has 1 N–H and O–H groups in total. The molecule has 1 unspecified atom stereocenters. The van der Waals surface area contributed by atoms with Crippen LogP contribution in [-0.2, 0) is 9.59 Å². The fourth-order valence-corrected chi connectivity index (χ4v) is 4.74. The number of hydrogen-bond acceptors (Lipinski definition) is 4. The van der Waals surface area contributed by atoms with E-state index in [0.717, 1.165) is 27.1 Å². The van der Waals surface area contributed by atoms with Crippen LogP contribution in [0.2, 0.25) is 0 Å². The molecule has 0 saturated carbocycles. The molecule has 0 aliphatic carbocycles. The molecule has 30 heavy (non-hydrogen) atoms. The van der Waals surface area contributed by atoms with Gasteiger partial charge in [0, 0.05) is 16.1 Å². The van der Waals surface area contributed by atoms with Crippen molar-refractivity contribution in [2.45, 2.75) is 33.7 Å². The number of ketones is 1. The second-order valence-corrected chi connectivity index (χ2v) is 8.77. The van der Waals surface area contributed by atoms with Gasteiger partial charge in [-0.2, -0.15) is 0 Å². The lowest BCUT2D eigenvalue weighted by molar-refractivity contribution is -0.132. The first kappa shape index (κ1) is 20.1. The third-order valence-electron chi connectivity index (χ3n) is 5.53. The number of amides is 1. The molecule has 1 saturated heterocycles. The summed E-state index contributed by atoms with van der Waals surface area (Å²) in [4.78, 5) is 28.8. The van der Waals surface area contributed by atoms with Crippen molar-refractivity contribution >= 4 is 34.5 Å². The maximum Gasteiger partial charge on any atom is 0.300 e. The van der Waals surface area contributed by atoms with Gasteiger partial charge in [0.25, 0.3) is 11.7 Å². The number of anilines is 1. The van der Waals surface area contributed by atoms with Crippen molar-refractivity contribution in [2.24, 2.45) is 0 Å². The third kappa shape index (κ3) is 3.25. The van der Waals surface area contributed by atoms with Gasteiger partial charge >= 0.3 is 0 Å². The zero-order valence-electron chi connectivity index (χ0n) is 17.4. The van der Waals surface area contributed by atoms with E-state index in [4.69, 9.17) is 0 Å². The van der Waals surface area contributed by atoms with E-state index < -0.39 is 17.7 Å². The van der Waals surface area contributed by atoms with Crippen LogP contribution in [0.1, 0.15) is 38.7 Å². The van der Waals surface area contributed by atoms with E-state index in [1.807, 2.05) is 81.6 Å². The van der Waals surface area contributed by atoms with E-state index in [0.29, 0.717) is 11.3 Å². The molecule has 4 rings (SSSR count). The fraction of sp³-hybridized carbons (Fsp3) is 0.200. The zero-order chi connectivity index (χ0) is 21.6. The molecule has 0 bridgehead atoms. The number of aliphatic hydroxyl groups is 1. The van der Waals surface area contributed by atoms with Crippen LogP contribution >= 0.6 is 11.3 Å². The standard InChI is InChI=1S/C25H23NO3S/c1-14-7-9-16(3)18(12-14)23(27)21-22(20-6-5-11-30-20)26(25(29)24(21)28)19-13-15(2)8-10-17(19)4/h5-13,22,27H,1-4H3/b23-21-. The Morgan fingerprint density at radius 1 is 0.933 bits per heavy atom. The minimum absolute atomic E-state index is 0.124. The van der Waals surface area contributed by atoms with Gasteiger partial charge < -0.3 is 5.11 Å². The first-order valence-corrected chi connectivity index (χ1v) is 10.7. The van der Waals surface area contributed by atoms with Crippen molar-refractivity contribution in [3.05, 3.63) is 92.2 Å². The van der Waals surface area contributed by atoms with Crippen molar-refractivity contribution in [1.82, 2.24) is 0 Å². The van der Waals surface area contributed by atoms with Crippen molar-refractivity contribution in [3.63, 3.8) is 0 Å². The number of thiophene rings is 1. The smallest absolute Gasteiger partial charge is 0.300 e. The fourth-order valence-electron chi connectivity index (χ4n) is 3.91. The summed E-state index contributed by atoms with van der Waals surface area (Å²) in [6.45, 7) is 7.69. The summed E-state index contributed by atoms with van der Waals surface area (Å²) in [5.41, 5.74) is 5.12.